The summed E-state index contributed by atoms with van der Waals surface area (Å²) in [5.74, 6) is 0.0447. The Labute approximate surface area is 117 Å². The van der Waals surface area contributed by atoms with E-state index in [1.165, 1.54) is 10.9 Å². The zero-order valence-corrected chi connectivity index (χ0v) is 12.0. The molecule has 0 bridgehead atoms. The predicted octanol–water partition coefficient (Wildman–Crippen LogP) is 3.75. The van der Waals surface area contributed by atoms with Gasteiger partial charge in [-0.25, -0.2) is 4.39 Å². The molecule has 0 fully saturated rings. The van der Waals surface area contributed by atoms with E-state index in [1.54, 1.807) is 17.4 Å². The van der Waals surface area contributed by atoms with Crippen LogP contribution < -0.4 is 10.1 Å². The SMILES string of the molecule is CCc1ccc(COc2c(F)cccc2CNC)s1. The smallest absolute Gasteiger partial charge is 0.165 e. The normalized spacial score (nSPS) is 10.7. The number of hydrogen-bond donors (Lipinski definition) is 1. The minimum Gasteiger partial charge on any atom is -0.485 e. The lowest BCUT2D eigenvalue weighted by molar-refractivity contribution is 0.289. The van der Waals surface area contributed by atoms with Gasteiger partial charge in [-0.2, -0.15) is 0 Å². The second-order valence-electron chi connectivity index (χ2n) is 4.27. The van der Waals surface area contributed by atoms with Gasteiger partial charge in [0, 0.05) is 21.9 Å². The Morgan fingerprint density at radius 2 is 2.00 bits per heavy atom. The molecule has 2 nitrogen and oxygen atoms in total. The fourth-order valence-corrected chi connectivity index (χ4v) is 2.75. The van der Waals surface area contributed by atoms with Crippen molar-refractivity contribution in [2.75, 3.05) is 7.05 Å². The summed E-state index contributed by atoms with van der Waals surface area (Å²) in [6.07, 6.45) is 1.02. The van der Waals surface area contributed by atoms with E-state index in [0.29, 0.717) is 18.9 Å². The van der Waals surface area contributed by atoms with Crippen LogP contribution in [-0.4, -0.2) is 7.05 Å². The molecule has 1 aromatic carbocycles. The molecule has 0 aliphatic heterocycles. The van der Waals surface area contributed by atoms with Crippen LogP contribution in [0.2, 0.25) is 0 Å². The van der Waals surface area contributed by atoms with Crippen LogP contribution in [-0.2, 0) is 19.6 Å². The maximum absolute atomic E-state index is 13.8. The highest BCUT2D eigenvalue weighted by atomic mass is 32.1. The molecule has 1 heterocycles. The summed E-state index contributed by atoms with van der Waals surface area (Å²) in [5, 5.41) is 3.02. The molecule has 1 N–H and O–H groups in total. The number of hydrogen-bond acceptors (Lipinski definition) is 3. The van der Waals surface area contributed by atoms with Gasteiger partial charge in [0.15, 0.2) is 11.6 Å². The first-order chi connectivity index (χ1) is 9.24. The van der Waals surface area contributed by atoms with E-state index in [9.17, 15) is 4.39 Å². The molecule has 0 unspecified atom stereocenters. The van der Waals surface area contributed by atoms with Crippen molar-refractivity contribution in [3.63, 3.8) is 0 Å². The van der Waals surface area contributed by atoms with E-state index >= 15 is 0 Å². The van der Waals surface area contributed by atoms with Crippen LogP contribution in [0.3, 0.4) is 0 Å². The fourth-order valence-electron chi connectivity index (χ4n) is 1.88. The van der Waals surface area contributed by atoms with Crippen LogP contribution in [0.5, 0.6) is 5.75 Å². The van der Waals surface area contributed by atoms with Gasteiger partial charge in [-0.1, -0.05) is 19.1 Å². The first-order valence-electron chi connectivity index (χ1n) is 6.37. The van der Waals surface area contributed by atoms with Crippen molar-refractivity contribution in [3.8, 4) is 5.75 Å². The molecule has 4 heteroatoms. The summed E-state index contributed by atoms with van der Waals surface area (Å²) in [5.41, 5.74) is 0.842. The van der Waals surface area contributed by atoms with Crippen LogP contribution in [0.25, 0.3) is 0 Å². The number of aryl methyl sites for hydroxylation is 1. The third-order valence-electron chi connectivity index (χ3n) is 2.84. The van der Waals surface area contributed by atoms with Gasteiger partial charge in [0.2, 0.25) is 0 Å². The molecule has 0 spiro atoms. The number of halogens is 1. The molecule has 2 rings (SSSR count). The van der Waals surface area contributed by atoms with Gasteiger partial charge in [0.25, 0.3) is 0 Å². The number of rotatable bonds is 6. The van der Waals surface area contributed by atoms with E-state index in [2.05, 4.69) is 18.3 Å². The zero-order valence-electron chi connectivity index (χ0n) is 11.2. The van der Waals surface area contributed by atoms with Crippen molar-refractivity contribution in [2.45, 2.75) is 26.5 Å². The summed E-state index contributed by atoms with van der Waals surface area (Å²) in [6, 6.07) is 9.15. The summed E-state index contributed by atoms with van der Waals surface area (Å²) in [4.78, 5) is 2.44. The molecule has 0 saturated carbocycles. The maximum atomic E-state index is 13.8. The Morgan fingerprint density at radius 3 is 2.68 bits per heavy atom. The fraction of sp³-hybridized carbons (Fsp3) is 0.333. The molecule has 0 radical (unpaired) electrons. The van der Waals surface area contributed by atoms with Gasteiger partial charge in [0.1, 0.15) is 6.61 Å². The quantitative estimate of drug-likeness (QED) is 0.869. The van der Waals surface area contributed by atoms with Crippen molar-refractivity contribution in [3.05, 3.63) is 51.5 Å². The first kappa shape index (κ1) is 14.0. The van der Waals surface area contributed by atoms with Crippen LogP contribution in [0.1, 0.15) is 22.2 Å². The molecule has 0 aliphatic rings. The van der Waals surface area contributed by atoms with Crippen molar-refractivity contribution in [1.82, 2.24) is 5.32 Å². The van der Waals surface area contributed by atoms with Crippen molar-refractivity contribution >= 4 is 11.3 Å². The average Bonchev–Trinajstić information content (AvgIpc) is 2.86. The Balaban J connectivity index is 2.09. The summed E-state index contributed by atoms with van der Waals surface area (Å²) in [6.45, 7) is 3.14. The lowest BCUT2D eigenvalue weighted by atomic mass is 10.2. The monoisotopic (exact) mass is 279 g/mol. The van der Waals surface area contributed by atoms with Gasteiger partial charge in [-0.15, -0.1) is 11.3 Å². The maximum Gasteiger partial charge on any atom is 0.165 e. The van der Waals surface area contributed by atoms with Crippen LogP contribution >= 0.6 is 11.3 Å². The third kappa shape index (κ3) is 3.55. The molecule has 102 valence electrons. The summed E-state index contributed by atoms with van der Waals surface area (Å²) < 4.78 is 19.5. The molecular formula is C15H18FNOS. The molecule has 1 aromatic heterocycles. The highest BCUT2D eigenvalue weighted by Gasteiger charge is 2.10. The van der Waals surface area contributed by atoms with E-state index < -0.39 is 0 Å². The highest BCUT2D eigenvalue weighted by Crippen LogP contribution is 2.25. The van der Waals surface area contributed by atoms with E-state index in [4.69, 9.17) is 4.74 Å². The van der Waals surface area contributed by atoms with Gasteiger partial charge >= 0.3 is 0 Å². The highest BCUT2D eigenvalue weighted by molar-refractivity contribution is 7.11. The van der Waals surface area contributed by atoms with E-state index in [1.807, 2.05) is 19.2 Å². The van der Waals surface area contributed by atoms with Gasteiger partial charge in [-0.05, 0) is 31.7 Å². The molecule has 19 heavy (non-hydrogen) atoms. The van der Waals surface area contributed by atoms with Crippen LogP contribution in [0.15, 0.2) is 30.3 Å². The van der Waals surface area contributed by atoms with Gasteiger partial charge in [-0.3, -0.25) is 0 Å². The lowest BCUT2D eigenvalue weighted by Crippen LogP contribution is -2.08. The first-order valence-corrected chi connectivity index (χ1v) is 7.18. The Morgan fingerprint density at radius 1 is 1.21 bits per heavy atom. The van der Waals surface area contributed by atoms with Gasteiger partial charge in [0.05, 0.1) is 0 Å². The standard InChI is InChI=1S/C15H18FNOS/c1-3-12-7-8-13(19-12)10-18-15-11(9-17-2)5-4-6-14(15)16/h4-8,17H,3,9-10H2,1-2H3. The zero-order chi connectivity index (χ0) is 13.7. The molecule has 0 aliphatic carbocycles. The number of thiophene rings is 1. The Hall–Kier alpha value is -1.39. The largest absolute Gasteiger partial charge is 0.485 e. The van der Waals surface area contributed by atoms with Crippen molar-refractivity contribution in [1.29, 1.82) is 0 Å². The number of para-hydroxylation sites is 1. The van der Waals surface area contributed by atoms with E-state index in [0.717, 1.165) is 16.9 Å². The van der Waals surface area contributed by atoms with Crippen molar-refractivity contribution < 1.29 is 9.13 Å². The molecular weight excluding hydrogens is 261 g/mol. The topological polar surface area (TPSA) is 21.3 Å². The molecule has 0 saturated heterocycles. The minimum absolute atomic E-state index is 0.306. The Bertz CT molecular complexity index is 539. The summed E-state index contributed by atoms with van der Waals surface area (Å²) in [7, 11) is 1.83. The predicted molar refractivity (Wildman–Crippen MR) is 77.2 cm³/mol. The van der Waals surface area contributed by atoms with Crippen molar-refractivity contribution in [2.24, 2.45) is 0 Å². The number of ether oxygens (including phenoxy) is 1. The molecule has 0 atom stereocenters. The number of nitrogens with one attached hydrogen (secondary N) is 1. The molecule has 2 aromatic rings. The second-order valence-corrected chi connectivity index (χ2v) is 5.52. The van der Waals surface area contributed by atoms with E-state index in [-0.39, 0.29) is 5.82 Å². The lowest BCUT2D eigenvalue weighted by Gasteiger charge is -2.11. The summed E-state index contributed by atoms with van der Waals surface area (Å²) >= 11 is 1.71. The second kappa shape index (κ2) is 6.68. The minimum atomic E-state index is -0.306. The third-order valence-corrected chi connectivity index (χ3v) is 4.04. The molecule has 0 amide bonds. The Kier molecular flexibility index (Phi) is 4.93. The van der Waals surface area contributed by atoms with Crippen LogP contribution in [0, 0.1) is 5.82 Å². The number of benzene rings is 1. The van der Waals surface area contributed by atoms with Crippen LogP contribution in [0.4, 0.5) is 4.39 Å². The average molecular weight is 279 g/mol. The van der Waals surface area contributed by atoms with Gasteiger partial charge < -0.3 is 10.1 Å².